The molecule has 25 heavy (non-hydrogen) atoms. The minimum absolute atomic E-state index is 0.0221. The normalized spacial score (nSPS) is 11.7. The molecule has 0 fully saturated rings. The summed E-state index contributed by atoms with van der Waals surface area (Å²) in [5.41, 5.74) is 8.06. The first-order valence-electron chi connectivity index (χ1n) is 7.88. The van der Waals surface area contributed by atoms with Crippen LogP contribution in [0.25, 0.3) is 11.3 Å². The third-order valence-electron chi connectivity index (χ3n) is 3.86. The third-order valence-corrected chi connectivity index (χ3v) is 3.86. The van der Waals surface area contributed by atoms with E-state index in [2.05, 4.69) is 15.5 Å². The highest BCUT2D eigenvalue weighted by Crippen LogP contribution is 2.22. The van der Waals surface area contributed by atoms with E-state index in [-0.39, 0.29) is 12.3 Å². The Labute approximate surface area is 145 Å². The van der Waals surface area contributed by atoms with Crippen molar-refractivity contribution in [3.8, 4) is 11.3 Å². The molecule has 1 atom stereocenters. The largest absolute Gasteiger partial charge is 0.370 e. The van der Waals surface area contributed by atoms with Gasteiger partial charge in [0, 0.05) is 5.56 Å². The van der Waals surface area contributed by atoms with Crippen molar-refractivity contribution in [3.63, 3.8) is 0 Å². The molecule has 0 unspecified atom stereocenters. The second-order valence-corrected chi connectivity index (χ2v) is 5.63. The fourth-order valence-electron chi connectivity index (χ4n) is 2.66. The Morgan fingerprint density at radius 2 is 1.68 bits per heavy atom. The van der Waals surface area contributed by atoms with E-state index in [9.17, 15) is 9.59 Å². The van der Waals surface area contributed by atoms with Crippen LogP contribution in [0.15, 0.2) is 66.9 Å². The lowest BCUT2D eigenvalue weighted by atomic mass is 10.0. The van der Waals surface area contributed by atoms with Gasteiger partial charge in [-0.3, -0.25) is 14.7 Å². The fourth-order valence-corrected chi connectivity index (χ4v) is 2.66. The van der Waals surface area contributed by atoms with E-state index in [1.807, 2.05) is 60.7 Å². The Morgan fingerprint density at radius 1 is 1.04 bits per heavy atom. The van der Waals surface area contributed by atoms with Crippen molar-refractivity contribution in [2.24, 2.45) is 5.73 Å². The maximum Gasteiger partial charge on any atom is 0.255 e. The van der Waals surface area contributed by atoms with Crippen LogP contribution >= 0.6 is 0 Å². The van der Waals surface area contributed by atoms with Gasteiger partial charge in [-0.1, -0.05) is 60.7 Å². The smallest absolute Gasteiger partial charge is 0.255 e. The Morgan fingerprint density at radius 3 is 2.32 bits per heavy atom. The van der Waals surface area contributed by atoms with Crippen LogP contribution < -0.4 is 11.1 Å². The van der Waals surface area contributed by atoms with Crippen LogP contribution in [-0.2, 0) is 4.79 Å². The average Bonchev–Trinajstić information content (AvgIpc) is 3.12. The Bertz CT molecular complexity index is 859. The number of nitrogens with zero attached hydrogens (tertiary/aromatic N) is 1. The number of hydrogen-bond donors (Lipinski definition) is 3. The minimum Gasteiger partial charge on any atom is -0.370 e. The summed E-state index contributed by atoms with van der Waals surface area (Å²) < 4.78 is 0. The first kappa shape index (κ1) is 16.4. The number of nitrogens with one attached hydrogen (secondary N) is 2. The lowest BCUT2D eigenvalue weighted by molar-refractivity contribution is -0.118. The summed E-state index contributed by atoms with van der Waals surface area (Å²) in [6.07, 6.45) is 1.50. The monoisotopic (exact) mass is 334 g/mol. The predicted octanol–water partition coefficient (Wildman–Crippen LogP) is 2.42. The van der Waals surface area contributed by atoms with E-state index in [0.717, 1.165) is 11.1 Å². The molecule has 126 valence electrons. The van der Waals surface area contributed by atoms with E-state index >= 15 is 0 Å². The van der Waals surface area contributed by atoms with Crippen LogP contribution in [0.4, 0.5) is 0 Å². The van der Waals surface area contributed by atoms with Crippen molar-refractivity contribution >= 4 is 11.8 Å². The lowest BCUT2D eigenvalue weighted by Gasteiger charge is -2.18. The van der Waals surface area contributed by atoms with Crippen molar-refractivity contribution in [3.05, 3.63) is 78.0 Å². The van der Waals surface area contributed by atoms with Gasteiger partial charge in [0.15, 0.2) is 0 Å². The first-order chi connectivity index (χ1) is 12.1. The van der Waals surface area contributed by atoms with Crippen molar-refractivity contribution in [2.45, 2.75) is 12.5 Å². The number of primary amides is 1. The van der Waals surface area contributed by atoms with Crippen LogP contribution in [-0.4, -0.2) is 22.0 Å². The van der Waals surface area contributed by atoms with Gasteiger partial charge in [0.25, 0.3) is 5.91 Å². The Balaban J connectivity index is 1.86. The highest BCUT2D eigenvalue weighted by Gasteiger charge is 2.21. The van der Waals surface area contributed by atoms with Gasteiger partial charge in [0.1, 0.15) is 0 Å². The third kappa shape index (κ3) is 3.92. The highest BCUT2D eigenvalue weighted by molar-refractivity contribution is 6.00. The topological polar surface area (TPSA) is 101 Å². The number of carbonyl (C=O) groups is 2. The average molecular weight is 334 g/mol. The van der Waals surface area contributed by atoms with Crippen LogP contribution in [0.1, 0.15) is 28.4 Å². The van der Waals surface area contributed by atoms with Gasteiger partial charge >= 0.3 is 0 Å². The van der Waals surface area contributed by atoms with Crippen molar-refractivity contribution in [1.29, 1.82) is 0 Å². The summed E-state index contributed by atoms with van der Waals surface area (Å²) in [5.74, 6) is -0.799. The van der Waals surface area contributed by atoms with E-state index in [1.165, 1.54) is 6.20 Å². The molecule has 3 aromatic rings. The second-order valence-electron chi connectivity index (χ2n) is 5.63. The molecule has 0 aliphatic carbocycles. The molecule has 0 bridgehead atoms. The minimum atomic E-state index is -0.496. The molecule has 6 nitrogen and oxygen atoms in total. The van der Waals surface area contributed by atoms with Crippen molar-refractivity contribution in [1.82, 2.24) is 15.5 Å². The van der Waals surface area contributed by atoms with E-state index in [4.69, 9.17) is 5.73 Å². The number of aromatic nitrogens is 2. The van der Waals surface area contributed by atoms with Crippen molar-refractivity contribution in [2.75, 3.05) is 0 Å². The zero-order chi connectivity index (χ0) is 17.6. The molecule has 3 rings (SSSR count). The molecule has 1 heterocycles. The second kappa shape index (κ2) is 7.44. The molecule has 2 aromatic carbocycles. The number of aromatic amines is 1. The molecule has 0 saturated carbocycles. The number of rotatable bonds is 6. The number of carbonyl (C=O) groups excluding carboxylic acids is 2. The number of amides is 2. The Hall–Kier alpha value is -3.41. The van der Waals surface area contributed by atoms with E-state index in [0.29, 0.717) is 11.3 Å². The van der Waals surface area contributed by atoms with Crippen LogP contribution in [0.5, 0.6) is 0 Å². The van der Waals surface area contributed by atoms with Gasteiger partial charge in [-0.05, 0) is 5.56 Å². The summed E-state index contributed by atoms with van der Waals surface area (Å²) in [5, 5.41) is 9.71. The van der Waals surface area contributed by atoms with Gasteiger partial charge in [-0.2, -0.15) is 5.10 Å². The fraction of sp³-hybridized carbons (Fsp3) is 0.105. The number of hydrogen-bond acceptors (Lipinski definition) is 3. The summed E-state index contributed by atoms with van der Waals surface area (Å²) in [6, 6.07) is 18.2. The molecule has 6 heteroatoms. The molecule has 2 amide bonds. The standard InChI is InChI=1S/C19H18N4O2/c20-17(24)11-16(13-7-3-1-4-8-13)22-19(25)15-12-21-23-18(15)14-9-5-2-6-10-14/h1-10,12,16H,11H2,(H2,20,24)(H,21,23)(H,22,25)/t16-/m0/s1. The number of H-pyrrole nitrogens is 1. The van der Waals surface area contributed by atoms with E-state index < -0.39 is 11.9 Å². The molecule has 0 aliphatic rings. The lowest BCUT2D eigenvalue weighted by Crippen LogP contribution is -2.31. The van der Waals surface area contributed by atoms with Gasteiger partial charge in [-0.25, -0.2) is 0 Å². The maximum atomic E-state index is 12.7. The van der Waals surface area contributed by atoms with Crippen LogP contribution in [0, 0.1) is 0 Å². The highest BCUT2D eigenvalue weighted by atomic mass is 16.2. The zero-order valence-corrected chi connectivity index (χ0v) is 13.5. The van der Waals surface area contributed by atoms with Crippen molar-refractivity contribution < 1.29 is 9.59 Å². The number of benzene rings is 2. The molecule has 0 radical (unpaired) electrons. The summed E-state index contributed by atoms with van der Waals surface area (Å²) >= 11 is 0. The predicted molar refractivity (Wildman–Crippen MR) is 94.5 cm³/mol. The maximum absolute atomic E-state index is 12.7. The molecule has 0 saturated heterocycles. The molecular weight excluding hydrogens is 316 g/mol. The number of nitrogens with two attached hydrogens (primary N) is 1. The summed E-state index contributed by atoms with van der Waals surface area (Å²) in [7, 11) is 0. The molecule has 0 spiro atoms. The van der Waals surface area contributed by atoms with Gasteiger partial charge in [-0.15, -0.1) is 0 Å². The Kier molecular flexibility index (Phi) is 4.89. The zero-order valence-electron chi connectivity index (χ0n) is 13.5. The van der Waals surface area contributed by atoms with Gasteiger partial charge in [0.05, 0.1) is 29.9 Å². The van der Waals surface area contributed by atoms with Gasteiger partial charge < -0.3 is 11.1 Å². The molecule has 4 N–H and O–H groups in total. The molecule has 1 aromatic heterocycles. The SMILES string of the molecule is NC(=O)C[C@H](NC(=O)c1cn[nH]c1-c1ccccc1)c1ccccc1. The van der Waals surface area contributed by atoms with Gasteiger partial charge in [0.2, 0.25) is 5.91 Å². The van der Waals surface area contributed by atoms with Crippen LogP contribution in [0.3, 0.4) is 0 Å². The molecular formula is C19H18N4O2. The quantitative estimate of drug-likeness (QED) is 0.645. The first-order valence-corrected chi connectivity index (χ1v) is 7.88. The van der Waals surface area contributed by atoms with E-state index in [1.54, 1.807) is 0 Å². The summed E-state index contributed by atoms with van der Waals surface area (Å²) in [6.45, 7) is 0. The summed E-state index contributed by atoms with van der Waals surface area (Å²) in [4.78, 5) is 24.1. The van der Waals surface area contributed by atoms with Crippen LogP contribution in [0.2, 0.25) is 0 Å². The molecule has 0 aliphatic heterocycles.